The number of rotatable bonds is 5. The number of amides is 1. The molecule has 0 spiro atoms. The molecule has 1 amide bonds. The Kier molecular flexibility index (Phi) is 4.84. The Labute approximate surface area is 138 Å². The molecule has 0 N–H and O–H groups in total. The highest BCUT2D eigenvalue weighted by molar-refractivity contribution is 5.81. The Morgan fingerprint density at radius 1 is 1.38 bits per heavy atom. The number of benzene rings is 1. The van der Waals surface area contributed by atoms with Gasteiger partial charge in [0.05, 0.1) is 12.8 Å². The van der Waals surface area contributed by atoms with Crippen LogP contribution in [0.4, 0.5) is 8.78 Å². The molecular formula is C16H18F2N4O2. The molecule has 1 atom stereocenters. The zero-order valence-electron chi connectivity index (χ0n) is 13.3. The molecular weight excluding hydrogens is 318 g/mol. The Hall–Kier alpha value is -2.35. The molecule has 1 saturated heterocycles. The monoisotopic (exact) mass is 336 g/mol. The van der Waals surface area contributed by atoms with Crippen LogP contribution in [0.1, 0.15) is 30.1 Å². The molecule has 1 aromatic carbocycles. The van der Waals surface area contributed by atoms with Crippen LogP contribution < -0.4 is 0 Å². The highest BCUT2D eigenvalue weighted by atomic mass is 19.1. The second kappa shape index (κ2) is 7.04. The van der Waals surface area contributed by atoms with Crippen LogP contribution in [-0.4, -0.2) is 39.5 Å². The molecule has 3 rings (SSSR count). The summed E-state index contributed by atoms with van der Waals surface area (Å²) in [6, 6.07) is 2.93. The molecule has 1 unspecified atom stereocenters. The zero-order valence-corrected chi connectivity index (χ0v) is 13.3. The molecule has 128 valence electrons. The van der Waals surface area contributed by atoms with Gasteiger partial charge in [-0.25, -0.2) is 13.5 Å². The van der Waals surface area contributed by atoms with Crippen LogP contribution in [0.5, 0.6) is 0 Å². The molecule has 2 aromatic rings. The second-order valence-electron chi connectivity index (χ2n) is 5.78. The van der Waals surface area contributed by atoms with Crippen LogP contribution in [-0.2, 0) is 22.7 Å². The Bertz CT molecular complexity index is 735. The lowest BCUT2D eigenvalue weighted by Gasteiger charge is -2.32. The minimum Gasteiger partial charge on any atom is -0.378 e. The van der Waals surface area contributed by atoms with Crippen LogP contribution in [0, 0.1) is 11.6 Å². The number of hydrogen-bond donors (Lipinski definition) is 0. The van der Waals surface area contributed by atoms with E-state index in [-0.39, 0.29) is 12.5 Å². The van der Waals surface area contributed by atoms with Gasteiger partial charge in [-0.1, -0.05) is 11.3 Å². The molecule has 1 fully saturated rings. The van der Waals surface area contributed by atoms with Gasteiger partial charge in [-0.2, -0.15) is 0 Å². The van der Waals surface area contributed by atoms with Gasteiger partial charge in [-0.05, 0) is 18.9 Å². The average Bonchev–Trinajstić information content (AvgIpc) is 3.00. The molecule has 0 aliphatic carbocycles. The van der Waals surface area contributed by atoms with Crippen molar-refractivity contribution in [3.05, 3.63) is 47.3 Å². The number of hydrogen-bond acceptors (Lipinski definition) is 4. The fourth-order valence-corrected chi connectivity index (χ4v) is 2.86. The highest BCUT2D eigenvalue weighted by Crippen LogP contribution is 2.24. The van der Waals surface area contributed by atoms with Gasteiger partial charge in [0.15, 0.2) is 0 Å². The topological polar surface area (TPSA) is 60.2 Å². The van der Waals surface area contributed by atoms with Gasteiger partial charge in [0.25, 0.3) is 0 Å². The maximum absolute atomic E-state index is 13.8. The van der Waals surface area contributed by atoms with Crippen molar-refractivity contribution in [2.24, 2.45) is 0 Å². The van der Waals surface area contributed by atoms with Crippen LogP contribution in [0.2, 0.25) is 0 Å². The molecule has 1 aliphatic heterocycles. The minimum absolute atomic E-state index is 0.112. The van der Waals surface area contributed by atoms with Crippen LogP contribution in [0.25, 0.3) is 0 Å². The summed E-state index contributed by atoms with van der Waals surface area (Å²) in [6.45, 7) is 0.970. The average molecular weight is 336 g/mol. The number of carbonyl (C=O) groups is 1. The van der Waals surface area contributed by atoms with E-state index >= 15 is 0 Å². The number of methoxy groups -OCH3 is 1. The minimum atomic E-state index is -0.645. The summed E-state index contributed by atoms with van der Waals surface area (Å²) < 4.78 is 33.3. The molecule has 1 aliphatic rings. The fourth-order valence-electron chi connectivity index (χ4n) is 2.86. The summed E-state index contributed by atoms with van der Waals surface area (Å²) in [4.78, 5) is 14.3. The van der Waals surface area contributed by atoms with E-state index in [1.165, 1.54) is 16.8 Å². The van der Waals surface area contributed by atoms with E-state index in [1.54, 1.807) is 18.2 Å². The number of piperidine rings is 1. The molecule has 0 saturated carbocycles. The number of halogens is 2. The Balaban J connectivity index is 1.74. The fraction of sp³-hybridized carbons (Fsp3) is 0.438. The summed E-state index contributed by atoms with van der Waals surface area (Å²) in [7, 11) is 1.56. The van der Waals surface area contributed by atoms with Crippen molar-refractivity contribution in [2.75, 3.05) is 13.7 Å². The van der Waals surface area contributed by atoms with Crippen LogP contribution in [0.15, 0.2) is 24.4 Å². The lowest BCUT2D eigenvalue weighted by atomic mass is 10.0. The van der Waals surface area contributed by atoms with E-state index in [0.717, 1.165) is 12.5 Å². The normalized spacial score (nSPS) is 18.2. The number of carbonyl (C=O) groups excluding carboxylic acids is 1. The van der Waals surface area contributed by atoms with Crippen molar-refractivity contribution < 1.29 is 18.3 Å². The van der Waals surface area contributed by atoms with E-state index in [4.69, 9.17) is 4.74 Å². The third kappa shape index (κ3) is 3.43. The second-order valence-corrected chi connectivity index (χ2v) is 5.78. The summed E-state index contributed by atoms with van der Waals surface area (Å²) in [5.41, 5.74) is 0.941. The maximum atomic E-state index is 13.8. The van der Waals surface area contributed by atoms with E-state index in [1.807, 2.05) is 0 Å². The number of ether oxygens (including phenoxy) is 1. The van der Waals surface area contributed by atoms with E-state index < -0.39 is 17.7 Å². The smallest absolute Gasteiger partial charge is 0.247 e. The van der Waals surface area contributed by atoms with Gasteiger partial charge in [0.1, 0.15) is 23.4 Å². The molecule has 0 bridgehead atoms. The van der Waals surface area contributed by atoms with E-state index in [2.05, 4.69) is 10.3 Å². The third-order valence-corrected chi connectivity index (χ3v) is 4.05. The SMILES string of the molecule is COCc1cn(C2CCCN(Cc3ccc(F)cc3F)C2=O)nn1. The number of aromatic nitrogens is 3. The first-order chi connectivity index (χ1) is 11.6. The van der Waals surface area contributed by atoms with Crippen molar-refractivity contribution in [1.29, 1.82) is 0 Å². The van der Waals surface area contributed by atoms with Crippen molar-refractivity contribution in [1.82, 2.24) is 19.9 Å². The molecule has 2 heterocycles. The standard InChI is InChI=1S/C16H18F2N4O2/c1-24-10-13-9-22(20-19-13)15-3-2-6-21(16(15)23)8-11-4-5-12(17)7-14(11)18/h4-5,7,9,15H,2-3,6,8,10H2,1H3. The Morgan fingerprint density at radius 3 is 2.96 bits per heavy atom. The van der Waals surface area contributed by atoms with Crippen molar-refractivity contribution in [3.8, 4) is 0 Å². The molecule has 8 heteroatoms. The van der Waals surface area contributed by atoms with Gasteiger partial charge in [0.2, 0.25) is 5.91 Å². The van der Waals surface area contributed by atoms with Gasteiger partial charge in [0, 0.05) is 31.8 Å². The summed E-state index contributed by atoms with van der Waals surface area (Å²) >= 11 is 0. The quantitative estimate of drug-likeness (QED) is 0.839. The van der Waals surface area contributed by atoms with E-state index in [9.17, 15) is 13.6 Å². The lowest BCUT2D eigenvalue weighted by molar-refractivity contribution is -0.138. The number of likely N-dealkylation sites (tertiary alicyclic amines) is 1. The maximum Gasteiger partial charge on any atom is 0.247 e. The molecule has 1 aromatic heterocycles. The third-order valence-electron chi connectivity index (χ3n) is 4.05. The largest absolute Gasteiger partial charge is 0.378 e. The van der Waals surface area contributed by atoms with E-state index in [0.29, 0.717) is 30.8 Å². The van der Waals surface area contributed by atoms with Crippen LogP contribution >= 0.6 is 0 Å². The summed E-state index contributed by atoms with van der Waals surface area (Å²) in [5.74, 6) is -1.42. The number of nitrogens with zero attached hydrogens (tertiary/aromatic N) is 4. The van der Waals surface area contributed by atoms with Crippen molar-refractivity contribution in [3.63, 3.8) is 0 Å². The van der Waals surface area contributed by atoms with Gasteiger partial charge < -0.3 is 9.64 Å². The molecule has 0 radical (unpaired) electrons. The first kappa shape index (κ1) is 16.5. The van der Waals surface area contributed by atoms with Gasteiger partial charge in [-0.15, -0.1) is 5.10 Å². The predicted octanol–water partition coefficient (Wildman–Crippen LogP) is 2.07. The first-order valence-electron chi connectivity index (χ1n) is 7.71. The van der Waals surface area contributed by atoms with Gasteiger partial charge >= 0.3 is 0 Å². The summed E-state index contributed by atoms with van der Waals surface area (Å²) in [6.07, 6.45) is 3.11. The van der Waals surface area contributed by atoms with Crippen molar-refractivity contribution in [2.45, 2.75) is 32.0 Å². The lowest BCUT2D eigenvalue weighted by Crippen LogP contribution is -2.42. The zero-order chi connectivity index (χ0) is 17.1. The van der Waals surface area contributed by atoms with Crippen LogP contribution in [0.3, 0.4) is 0 Å². The van der Waals surface area contributed by atoms with Gasteiger partial charge in [-0.3, -0.25) is 4.79 Å². The highest BCUT2D eigenvalue weighted by Gasteiger charge is 2.31. The predicted molar refractivity (Wildman–Crippen MR) is 80.8 cm³/mol. The molecule has 6 nitrogen and oxygen atoms in total. The van der Waals surface area contributed by atoms with Crippen molar-refractivity contribution >= 4 is 5.91 Å². The molecule has 24 heavy (non-hydrogen) atoms. The first-order valence-corrected chi connectivity index (χ1v) is 7.71. The Morgan fingerprint density at radius 2 is 2.21 bits per heavy atom. The summed E-state index contributed by atoms with van der Waals surface area (Å²) in [5, 5.41) is 7.96.